The first-order valence-corrected chi connectivity index (χ1v) is 7.81. The minimum atomic E-state index is -0.660. The van der Waals surface area contributed by atoms with Gasteiger partial charge >= 0.3 is 11.6 Å². The molecule has 3 rings (SSSR count). The number of rotatable bonds is 5. The second kappa shape index (κ2) is 7.09. The summed E-state index contributed by atoms with van der Waals surface area (Å²) in [6, 6.07) is 11.7. The molecule has 0 N–H and O–H groups in total. The van der Waals surface area contributed by atoms with Gasteiger partial charge in [-0.2, -0.15) is 4.57 Å². The van der Waals surface area contributed by atoms with Crippen molar-refractivity contribution in [1.29, 1.82) is 0 Å². The van der Waals surface area contributed by atoms with E-state index in [1.165, 1.54) is 6.07 Å². The van der Waals surface area contributed by atoms with Crippen LogP contribution in [0.15, 0.2) is 64.1 Å². The monoisotopic (exact) mass is 338 g/mol. The van der Waals surface area contributed by atoms with Crippen LogP contribution >= 0.6 is 0 Å². The van der Waals surface area contributed by atoms with Gasteiger partial charge < -0.3 is 9.15 Å². The van der Waals surface area contributed by atoms with Gasteiger partial charge in [-0.05, 0) is 19.1 Å². The topological polar surface area (TPSA) is 77.5 Å². The average Bonchev–Trinajstić information content (AvgIpc) is 2.62. The van der Waals surface area contributed by atoms with E-state index in [4.69, 9.17) is 9.15 Å². The maximum atomic E-state index is 12.4. The third-order valence-corrected chi connectivity index (χ3v) is 3.67. The minimum Gasteiger partial charge on any atom is -0.462 e. The van der Waals surface area contributed by atoms with Crippen molar-refractivity contribution < 1.29 is 23.3 Å². The number of pyridine rings is 1. The molecule has 0 saturated carbocycles. The normalized spacial score (nSPS) is 10.6. The summed E-state index contributed by atoms with van der Waals surface area (Å²) >= 11 is 0. The second-order valence-corrected chi connectivity index (χ2v) is 5.39. The fourth-order valence-electron chi connectivity index (χ4n) is 2.42. The highest BCUT2D eigenvalue weighted by atomic mass is 16.5. The lowest BCUT2D eigenvalue weighted by atomic mass is 10.1. The van der Waals surface area contributed by atoms with Crippen molar-refractivity contribution in [2.45, 2.75) is 13.5 Å². The largest absolute Gasteiger partial charge is 0.462 e. The summed E-state index contributed by atoms with van der Waals surface area (Å²) < 4.78 is 11.7. The molecule has 0 spiro atoms. The number of ether oxygens (including phenoxy) is 1. The van der Waals surface area contributed by atoms with E-state index in [9.17, 15) is 14.4 Å². The predicted octanol–water partition coefficient (Wildman–Crippen LogP) is 2.14. The molecule has 25 heavy (non-hydrogen) atoms. The molecule has 0 amide bonds. The van der Waals surface area contributed by atoms with Crippen molar-refractivity contribution in [1.82, 2.24) is 0 Å². The van der Waals surface area contributed by atoms with Gasteiger partial charge in [0.2, 0.25) is 12.3 Å². The number of hydrogen-bond acceptors (Lipinski definition) is 5. The zero-order chi connectivity index (χ0) is 17.8. The van der Waals surface area contributed by atoms with E-state index in [2.05, 4.69) is 0 Å². The first-order valence-electron chi connectivity index (χ1n) is 7.81. The lowest BCUT2D eigenvalue weighted by Gasteiger charge is -2.02. The van der Waals surface area contributed by atoms with E-state index in [1.807, 2.05) is 0 Å². The molecule has 3 aromatic rings. The fourth-order valence-corrected chi connectivity index (χ4v) is 2.42. The number of nitrogens with zero attached hydrogens (tertiary/aromatic N) is 1. The SMILES string of the molecule is CCOC(=O)c1cc[n+](CC(=O)c2cc3ccccc3oc2=O)cc1. The summed E-state index contributed by atoms with van der Waals surface area (Å²) in [5, 5.41) is 0.688. The average molecular weight is 338 g/mol. The van der Waals surface area contributed by atoms with Crippen LogP contribution in [-0.2, 0) is 11.3 Å². The van der Waals surface area contributed by atoms with Crippen LogP contribution < -0.4 is 10.2 Å². The molecule has 0 bridgehead atoms. The summed E-state index contributed by atoms with van der Waals surface area (Å²) in [5.41, 5.74) is 0.180. The maximum Gasteiger partial charge on any atom is 0.347 e. The Morgan fingerprint density at radius 3 is 2.56 bits per heavy atom. The standard InChI is InChI=1S/C19H16NO5/c1-2-24-18(22)13-7-9-20(10-8-13)12-16(21)15-11-14-5-3-4-6-17(14)25-19(15)23/h3-11H,2,12H2,1H3/q+1. The van der Waals surface area contributed by atoms with E-state index in [0.717, 1.165) is 0 Å². The molecule has 6 nitrogen and oxygen atoms in total. The van der Waals surface area contributed by atoms with Crippen molar-refractivity contribution in [3.8, 4) is 0 Å². The lowest BCUT2D eigenvalue weighted by molar-refractivity contribution is -0.683. The van der Waals surface area contributed by atoms with Crippen molar-refractivity contribution in [3.63, 3.8) is 0 Å². The molecule has 0 saturated heterocycles. The van der Waals surface area contributed by atoms with E-state index >= 15 is 0 Å². The van der Waals surface area contributed by atoms with E-state index < -0.39 is 11.6 Å². The van der Waals surface area contributed by atoms with Crippen LogP contribution in [0.3, 0.4) is 0 Å². The highest BCUT2D eigenvalue weighted by molar-refractivity contribution is 5.97. The molecule has 2 heterocycles. The van der Waals surface area contributed by atoms with Crippen LogP contribution in [-0.4, -0.2) is 18.4 Å². The first-order chi connectivity index (χ1) is 12.1. The van der Waals surface area contributed by atoms with E-state index in [-0.39, 0.29) is 17.9 Å². The van der Waals surface area contributed by atoms with E-state index in [0.29, 0.717) is 23.1 Å². The highest BCUT2D eigenvalue weighted by Crippen LogP contribution is 2.12. The Balaban J connectivity index is 1.81. The number of carbonyl (C=O) groups excluding carboxylic acids is 2. The number of fused-ring (bicyclic) bond motifs is 1. The summed E-state index contributed by atoms with van der Waals surface area (Å²) in [7, 11) is 0. The minimum absolute atomic E-state index is 0.000620. The van der Waals surface area contributed by atoms with Gasteiger partial charge in [0.15, 0.2) is 12.4 Å². The van der Waals surface area contributed by atoms with Crippen LogP contribution in [0.2, 0.25) is 0 Å². The van der Waals surface area contributed by atoms with Crippen LogP contribution in [0.1, 0.15) is 27.6 Å². The highest BCUT2D eigenvalue weighted by Gasteiger charge is 2.18. The second-order valence-electron chi connectivity index (χ2n) is 5.39. The number of esters is 1. The molecular formula is C19H16NO5+. The third kappa shape index (κ3) is 3.63. The van der Waals surface area contributed by atoms with Crippen LogP contribution in [0.25, 0.3) is 11.0 Å². The molecule has 0 aliphatic carbocycles. The molecule has 1 aromatic carbocycles. The van der Waals surface area contributed by atoms with Gasteiger partial charge in [-0.3, -0.25) is 4.79 Å². The number of hydrogen-bond donors (Lipinski definition) is 0. The van der Waals surface area contributed by atoms with Crippen LogP contribution in [0, 0.1) is 0 Å². The van der Waals surface area contributed by atoms with Crippen molar-refractivity contribution in [2.24, 2.45) is 0 Å². The summed E-state index contributed by atoms with van der Waals surface area (Å²) in [5.74, 6) is -0.787. The molecule has 126 valence electrons. The molecule has 2 aromatic heterocycles. The van der Waals surface area contributed by atoms with E-state index in [1.54, 1.807) is 60.3 Å². The number of carbonyl (C=O) groups is 2. The Kier molecular flexibility index (Phi) is 4.70. The van der Waals surface area contributed by atoms with Gasteiger partial charge in [-0.15, -0.1) is 0 Å². The van der Waals surface area contributed by atoms with Gasteiger partial charge in [-0.1, -0.05) is 18.2 Å². The fraction of sp³-hybridized carbons (Fsp3) is 0.158. The lowest BCUT2D eigenvalue weighted by Crippen LogP contribution is -2.38. The van der Waals surface area contributed by atoms with Gasteiger partial charge in [0.05, 0.1) is 12.2 Å². The van der Waals surface area contributed by atoms with Crippen LogP contribution in [0.4, 0.5) is 0 Å². The molecule has 0 aliphatic rings. The summed E-state index contributed by atoms with van der Waals surface area (Å²) in [4.78, 5) is 36.1. The summed E-state index contributed by atoms with van der Waals surface area (Å²) in [6.45, 7) is 1.99. The smallest absolute Gasteiger partial charge is 0.347 e. The zero-order valence-corrected chi connectivity index (χ0v) is 13.6. The molecule has 0 fully saturated rings. The zero-order valence-electron chi connectivity index (χ0n) is 13.6. The van der Waals surface area contributed by atoms with Crippen molar-refractivity contribution in [3.05, 3.63) is 76.4 Å². The molecular weight excluding hydrogens is 322 g/mol. The third-order valence-electron chi connectivity index (χ3n) is 3.67. The number of benzene rings is 1. The Morgan fingerprint density at radius 1 is 1.12 bits per heavy atom. The number of Topliss-reactive ketones (excluding diaryl/α,β-unsaturated/α-hetero) is 1. The Labute approximate surface area is 143 Å². The van der Waals surface area contributed by atoms with Gasteiger partial charge in [0.1, 0.15) is 11.1 Å². The Bertz CT molecular complexity index is 989. The Hall–Kier alpha value is -3.28. The van der Waals surface area contributed by atoms with Crippen LogP contribution in [0.5, 0.6) is 0 Å². The van der Waals surface area contributed by atoms with Crippen molar-refractivity contribution >= 4 is 22.7 Å². The predicted molar refractivity (Wildman–Crippen MR) is 89.4 cm³/mol. The molecule has 0 aliphatic heterocycles. The maximum absolute atomic E-state index is 12.4. The first kappa shape index (κ1) is 16.6. The number of para-hydroxylation sites is 1. The number of ketones is 1. The molecule has 0 atom stereocenters. The van der Waals surface area contributed by atoms with Gasteiger partial charge in [0.25, 0.3) is 0 Å². The van der Waals surface area contributed by atoms with Gasteiger partial charge in [0, 0.05) is 17.5 Å². The molecule has 6 heteroatoms. The Morgan fingerprint density at radius 2 is 1.84 bits per heavy atom. The molecule has 0 unspecified atom stereocenters. The number of aromatic nitrogens is 1. The van der Waals surface area contributed by atoms with Gasteiger partial charge in [-0.25, -0.2) is 9.59 Å². The van der Waals surface area contributed by atoms with Crippen molar-refractivity contribution in [2.75, 3.05) is 6.61 Å². The molecule has 0 radical (unpaired) electrons. The summed E-state index contributed by atoms with van der Waals surface area (Å²) in [6.07, 6.45) is 3.18. The quantitative estimate of drug-likeness (QED) is 0.308.